The van der Waals surface area contributed by atoms with Crippen LogP contribution in [-0.2, 0) is 18.2 Å². The fourth-order valence-electron chi connectivity index (χ4n) is 3.15. The van der Waals surface area contributed by atoms with Crippen LogP contribution in [0.4, 0.5) is 0 Å². The molecule has 1 aromatic carbocycles. The van der Waals surface area contributed by atoms with Crippen LogP contribution in [0.3, 0.4) is 0 Å². The van der Waals surface area contributed by atoms with Gasteiger partial charge in [0.1, 0.15) is 6.10 Å². The average Bonchev–Trinajstić information content (AvgIpc) is 3.14. The van der Waals surface area contributed by atoms with Gasteiger partial charge in [-0.25, -0.2) is 0 Å². The van der Waals surface area contributed by atoms with Crippen LogP contribution in [0, 0.1) is 6.92 Å². The Morgan fingerprint density at radius 2 is 2.17 bits per heavy atom. The Bertz CT molecular complexity index is 626. The molecule has 1 saturated heterocycles. The summed E-state index contributed by atoms with van der Waals surface area (Å²) in [5.41, 5.74) is 3.43. The lowest BCUT2D eigenvalue weighted by Gasteiger charge is -2.21. The largest absolute Gasteiger partial charge is 0.391 e. The highest BCUT2D eigenvalue weighted by molar-refractivity contribution is 5.22. The van der Waals surface area contributed by atoms with Crippen molar-refractivity contribution in [1.29, 1.82) is 0 Å². The minimum atomic E-state index is -0.395. The molecule has 0 radical (unpaired) electrons. The van der Waals surface area contributed by atoms with Gasteiger partial charge in [0.25, 0.3) is 0 Å². The molecule has 0 aliphatic carbocycles. The second-order valence-electron chi connectivity index (χ2n) is 6.25. The Balaban J connectivity index is 1.56. The third-order valence-corrected chi connectivity index (χ3v) is 4.60. The molecule has 0 amide bonds. The first kappa shape index (κ1) is 16.2. The van der Waals surface area contributed by atoms with Gasteiger partial charge >= 0.3 is 0 Å². The first-order valence-corrected chi connectivity index (χ1v) is 8.20. The molecule has 0 bridgehead atoms. The predicted octanol–water partition coefficient (Wildman–Crippen LogP) is 1.75. The van der Waals surface area contributed by atoms with Crippen molar-refractivity contribution in [2.24, 2.45) is 7.05 Å². The van der Waals surface area contributed by atoms with E-state index < -0.39 is 6.10 Å². The van der Waals surface area contributed by atoms with Crippen LogP contribution in [-0.4, -0.2) is 40.2 Å². The van der Waals surface area contributed by atoms with Crippen LogP contribution < -0.4 is 5.32 Å². The van der Waals surface area contributed by atoms with Crippen LogP contribution >= 0.6 is 0 Å². The van der Waals surface area contributed by atoms with Gasteiger partial charge in [-0.2, -0.15) is 5.10 Å². The molecule has 3 rings (SSSR count). The van der Waals surface area contributed by atoms with Gasteiger partial charge in [-0.05, 0) is 25.3 Å². The Morgan fingerprint density at radius 3 is 2.87 bits per heavy atom. The van der Waals surface area contributed by atoms with Crippen LogP contribution in [0.15, 0.2) is 36.5 Å². The molecule has 2 heterocycles. The first-order valence-electron chi connectivity index (χ1n) is 8.20. The fraction of sp³-hybridized carbons (Fsp3) is 0.500. The molecule has 124 valence electrons. The van der Waals surface area contributed by atoms with Gasteiger partial charge < -0.3 is 15.2 Å². The first-order chi connectivity index (χ1) is 11.1. The fourth-order valence-corrected chi connectivity index (χ4v) is 3.15. The number of hydrogen-bond donors (Lipinski definition) is 2. The number of benzene rings is 1. The van der Waals surface area contributed by atoms with Gasteiger partial charge in [0, 0.05) is 37.5 Å². The molecular weight excluding hydrogens is 290 g/mol. The van der Waals surface area contributed by atoms with Gasteiger partial charge in [-0.1, -0.05) is 30.3 Å². The minimum Gasteiger partial charge on any atom is -0.391 e. The standard InChI is InChI=1S/C18H25N3O2/c1-13-16(12-20-21(13)2)18-17(8-9-23-18)19-11-15(22)10-14-6-4-3-5-7-14/h3-7,12,15,17-19,22H,8-11H2,1-2H3/t15?,17-,18+/m0/s1. The number of aryl methyl sites for hydroxylation is 1. The van der Waals surface area contributed by atoms with Crippen molar-refractivity contribution in [2.75, 3.05) is 13.2 Å². The summed E-state index contributed by atoms with van der Waals surface area (Å²) in [6, 6.07) is 10.3. The zero-order chi connectivity index (χ0) is 16.2. The summed E-state index contributed by atoms with van der Waals surface area (Å²) in [6.45, 7) is 3.37. The van der Waals surface area contributed by atoms with Gasteiger partial charge in [-0.3, -0.25) is 4.68 Å². The Kier molecular flexibility index (Phi) is 5.10. The number of ether oxygens (including phenoxy) is 1. The number of rotatable bonds is 6. The predicted molar refractivity (Wildman–Crippen MR) is 89.2 cm³/mol. The van der Waals surface area contributed by atoms with E-state index in [1.54, 1.807) is 0 Å². The van der Waals surface area contributed by atoms with E-state index in [4.69, 9.17) is 4.74 Å². The quantitative estimate of drug-likeness (QED) is 0.853. The highest BCUT2D eigenvalue weighted by Crippen LogP contribution is 2.30. The Hall–Kier alpha value is -1.69. The van der Waals surface area contributed by atoms with E-state index in [1.807, 2.05) is 48.3 Å². The lowest BCUT2D eigenvalue weighted by atomic mass is 10.0. The van der Waals surface area contributed by atoms with Crippen LogP contribution in [0.5, 0.6) is 0 Å². The highest BCUT2D eigenvalue weighted by Gasteiger charge is 2.31. The summed E-state index contributed by atoms with van der Waals surface area (Å²) in [5.74, 6) is 0. The van der Waals surface area contributed by atoms with Crippen LogP contribution in [0.1, 0.15) is 29.3 Å². The number of aromatic nitrogens is 2. The van der Waals surface area contributed by atoms with Crippen molar-refractivity contribution in [3.63, 3.8) is 0 Å². The summed E-state index contributed by atoms with van der Waals surface area (Å²) >= 11 is 0. The summed E-state index contributed by atoms with van der Waals surface area (Å²) in [7, 11) is 1.94. The van der Waals surface area contributed by atoms with Gasteiger partial charge in [0.2, 0.25) is 0 Å². The molecule has 1 aliphatic rings. The van der Waals surface area contributed by atoms with E-state index in [2.05, 4.69) is 17.3 Å². The van der Waals surface area contributed by atoms with Crippen molar-refractivity contribution >= 4 is 0 Å². The maximum absolute atomic E-state index is 10.3. The molecule has 2 aromatic rings. The monoisotopic (exact) mass is 315 g/mol. The Morgan fingerprint density at radius 1 is 1.39 bits per heavy atom. The lowest BCUT2D eigenvalue weighted by Crippen LogP contribution is -2.38. The summed E-state index contributed by atoms with van der Waals surface area (Å²) in [5, 5.41) is 18.0. The SMILES string of the molecule is Cc1c([C@H]2OCC[C@@H]2NCC(O)Cc2ccccc2)cnn1C. The molecule has 0 spiro atoms. The molecule has 23 heavy (non-hydrogen) atoms. The maximum Gasteiger partial charge on any atom is 0.101 e. The zero-order valence-electron chi connectivity index (χ0n) is 13.8. The number of nitrogens with zero attached hydrogens (tertiary/aromatic N) is 2. The van der Waals surface area contributed by atoms with Crippen LogP contribution in [0.25, 0.3) is 0 Å². The van der Waals surface area contributed by atoms with E-state index in [0.717, 1.165) is 29.8 Å². The lowest BCUT2D eigenvalue weighted by molar-refractivity contribution is 0.0929. The molecular formula is C18H25N3O2. The number of nitrogens with one attached hydrogen (secondary N) is 1. The topological polar surface area (TPSA) is 59.3 Å². The minimum absolute atomic E-state index is 0.0209. The molecule has 5 heteroatoms. The summed E-state index contributed by atoms with van der Waals surface area (Å²) in [4.78, 5) is 0. The average molecular weight is 315 g/mol. The van der Waals surface area contributed by atoms with Gasteiger partial charge in [0.15, 0.2) is 0 Å². The van der Waals surface area contributed by atoms with E-state index in [-0.39, 0.29) is 12.1 Å². The number of aliphatic hydroxyl groups is 1. The molecule has 1 aromatic heterocycles. The molecule has 2 N–H and O–H groups in total. The van der Waals surface area contributed by atoms with Crippen molar-refractivity contribution in [1.82, 2.24) is 15.1 Å². The third-order valence-electron chi connectivity index (χ3n) is 4.60. The molecule has 1 unspecified atom stereocenters. The number of hydrogen-bond acceptors (Lipinski definition) is 4. The van der Waals surface area contributed by atoms with E-state index in [1.165, 1.54) is 0 Å². The van der Waals surface area contributed by atoms with Crippen molar-refractivity contribution < 1.29 is 9.84 Å². The van der Waals surface area contributed by atoms with Crippen molar-refractivity contribution in [3.05, 3.63) is 53.3 Å². The van der Waals surface area contributed by atoms with Gasteiger partial charge in [-0.15, -0.1) is 0 Å². The highest BCUT2D eigenvalue weighted by atomic mass is 16.5. The normalized spacial score (nSPS) is 22.4. The summed E-state index contributed by atoms with van der Waals surface area (Å²) in [6.07, 6.45) is 3.14. The molecule has 5 nitrogen and oxygen atoms in total. The van der Waals surface area contributed by atoms with Gasteiger partial charge in [0.05, 0.1) is 12.3 Å². The van der Waals surface area contributed by atoms with E-state index >= 15 is 0 Å². The van der Waals surface area contributed by atoms with E-state index in [9.17, 15) is 5.11 Å². The molecule has 3 atom stereocenters. The zero-order valence-corrected chi connectivity index (χ0v) is 13.8. The number of aliphatic hydroxyl groups excluding tert-OH is 1. The molecule has 1 aliphatic heterocycles. The van der Waals surface area contributed by atoms with Crippen molar-refractivity contribution in [2.45, 2.75) is 38.0 Å². The maximum atomic E-state index is 10.3. The summed E-state index contributed by atoms with van der Waals surface area (Å²) < 4.78 is 7.77. The van der Waals surface area contributed by atoms with Crippen LogP contribution in [0.2, 0.25) is 0 Å². The second kappa shape index (κ2) is 7.25. The third kappa shape index (κ3) is 3.80. The smallest absolute Gasteiger partial charge is 0.101 e. The Labute approximate surface area is 137 Å². The second-order valence-corrected chi connectivity index (χ2v) is 6.25. The molecule has 0 saturated carbocycles. The van der Waals surface area contributed by atoms with E-state index in [0.29, 0.717) is 13.0 Å². The molecule has 1 fully saturated rings. The van der Waals surface area contributed by atoms with Crippen molar-refractivity contribution in [3.8, 4) is 0 Å².